The van der Waals surface area contributed by atoms with Crippen molar-refractivity contribution in [3.05, 3.63) is 65.0 Å². The number of rotatable bonds is 6. The summed E-state index contributed by atoms with van der Waals surface area (Å²) in [6, 6.07) is 12.8. The van der Waals surface area contributed by atoms with Crippen molar-refractivity contribution in [2.45, 2.75) is 31.4 Å². The Bertz CT molecular complexity index is 702. The van der Waals surface area contributed by atoms with E-state index in [0.717, 1.165) is 35.6 Å². The van der Waals surface area contributed by atoms with Crippen molar-refractivity contribution in [3.63, 3.8) is 0 Å². The molecule has 0 saturated heterocycles. The van der Waals surface area contributed by atoms with Crippen LogP contribution in [-0.2, 0) is 23.4 Å². The number of halogens is 1. The van der Waals surface area contributed by atoms with E-state index in [9.17, 15) is 9.18 Å². The van der Waals surface area contributed by atoms with Crippen molar-refractivity contribution < 1.29 is 9.18 Å². The highest BCUT2D eigenvalue weighted by atomic mass is 32.2. The topological polar surface area (TPSA) is 29.1 Å². The Kier molecular flexibility index (Phi) is 5.34. The van der Waals surface area contributed by atoms with Crippen molar-refractivity contribution in [1.82, 2.24) is 0 Å². The fourth-order valence-corrected chi connectivity index (χ4v) is 3.74. The molecule has 0 fully saturated rings. The number of thioether (sulfide) groups is 1. The molecule has 2 aromatic carbocycles. The van der Waals surface area contributed by atoms with Gasteiger partial charge in [0.15, 0.2) is 0 Å². The summed E-state index contributed by atoms with van der Waals surface area (Å²) in [6.07, 6.45) is 3.95. The Morgan fingerprint density at radius 2 is 2.00 bits per heavy atom. The van der Waals surface area contributed by atoms with Crippen LogP contribution in [0.25, 0.3) is 0 Å². The highest BCUT2D eigenvalue weighted by molar-refractivity contribution is 7.98. The monoisotopic (exact) mass is 329 g/mol. The summed E-state index contributed by atoms with van der Waals surface area (Å²) < 4.78 is 13.1. The summed E-state index contributed by atoms with van der Waals surface area (Å²) in [6.45, 7) is 0. The van der Waals surface area contributed by atoms with E-state index in [4.69, 9.17) is 0 Å². The third kappa shape index (κ3) is 4.58. The lowest BCUT2D eigenvalue weighted by Gasteiger charge is -2.07. The molecular weight excluding hydrogens is 309 g/mol. The summed E-state index contributed by atoms with van der Waals surface area (Å²) in [5.41, 5.74) is 4.62. The molecule has 1 N–H and O–H groups in total. The third-order valence-electron chi connectivity index (χ3n) is 4.01. The molecular formula is C19H20FNOS. The average Bonchev–Trinajstić information content (AvgIpc) is 2.99. The maximum Gasteiger partial charge on any atom is 0.225 e. The van der Waals surface area contributed by atoms with Crippen molar-refractivity contribution in [1.29, 1.82) is 0 Å². The van der Waals surface area contributed by atoms with E-state index in [-0.39, 0.29) is 11.7 Å². The van der Waals surface area contributed by atoms with Crippen LogP contribution >= 0.6 is 11.8 Å². The second-order valence-corrected chi connectivity index (χ2v) is 6.92. The maximum absolute atomic E-state index is 13.1. The van der Waals surface area contributed by atoms with Gasteiger partial charge in [0.2, 0.25) is 5.91 Å². The van der Waals surface area contributed by atoms with Crippen LogP contribution in [-0.4, -0.2) is 11.7 Å². The summed E-state index contributed by atoms with van der Waals surface area (Å²) in [4.78, 5) is 12.0. The molecule has 0 spiro atoms. The van der Waals surface area contributed by atoms with E-state index in [1.54, 1.807) is 17.8 Å². The average molecular weight is 329 g/mol. The summed E-state index contributed by atoms with van der Waals surface area (Å²) in [5.74, 6) is 1.28. The molecule has 0 aliphatic heterocycles. The number of benzene rings is 2. The molecule has 0 heterocycles. The first-order valence-electron chi connectivity index (χ1n) is 7.94. The molecule has 3 rings (SSSR count). The first kappa shape index (κ1) is 16.1. The number of carbonyl (C=O) groups is 1. The normalized spacial score (nSPS) is 12.9. The third-order valence-corrected chi connectivity index (χ3v) is 5.04. The molecule has 0 saturated carbocycles. The molecule has 0 unspecified atom stereocenters. The highest BCUT2D eigenvalue weighted by Gasteiger charge is 2.11. The van der Waals surface area contributed by atoms with Gasteiger partial charge < -0.3 is 5.32 Å². The van der Waals surface area contributed by atoms with Gasteiger partial charge in [0.05, 0.1) is 0 Å². The standard InChI is InChI=1S/C19H20FNOS/c20-17-6-1-3-14(11-17)13-23-10-9-19(22)21-18-8-7-15-4-2-5-16(15)12-18/h1,3,6-8,11-12H,2,4-5,9-10,13H2,(H,21,22). The SMILES string of the molecule is O=C(CCSCc1cccc(F)c1)Nc1ccc2c(c1)CCC2. The molecule has 23 heavy (non-hydrogen) atoms. The molecule has 0 bridgehead atoms. The molecule has 4 heteroatoms. The second-order valence-electron chi connectivity index (χ2n) is 5.82. The zero-order valence-electron chi connectivity index (χ0n) is 13.0. The molecule has 1 aliphatic carbocycles. The number of fused-ring (bicyclic) bond motifs is 1. The largest absolute Gasteiger partial charge is 0.326 e. The number of aryl methyl sites for hydroxylation is 2. The number of carbonyl (C=O) groups excluding carboxylic acids is 1. The van der Waals surface area contributed by atoms with Crippen LogP contribution in [0, 0.1) is 5.82 Å². The molecule has 0 atom stereocenters. The van der Waals surface area contributed by atoms with Crippen LogP contribution in [0.4, 0.5) is 10.1 Å². The lowest BCUT2D eigenvalue weighted by atomic mass is 10.1. The second kappa shape index (κ2) is 7.64. The van der Waals surface area contributed by atoms with Crippen LogP contribution < -0.4 is 5.32 Å². The molecule has 0 radical (unpaired) electrons. The lowest BCUT2D eigenvalue weighted by Crippen LogP contribution is -2.12. The zero-order valence-corrected chi connectivity index (χ0v) is 13.8. The van der Waals surface area contributed by atoms with Crippen LogP contribution in [0.1, 0.15) is 29.5 Å². The predicted octanol–water partition coefficient (Wildman–Crippen LogP) is 4.58. The smallest absolute Gasteiger partial charge is 0.225 e. The van der Waals surface area contributed by atoms with Crippen LogP contribution in [0.3, 0.4) is 0 Å². The van der Waals surface area contributed by atoms with Gasteiger partial charge in [-0.1, -0.05) is 18.2 Å². The van der Waals surface area contributed by atoms with Crippen LogP contribution in [0.15, 0.2) is 42.5 Å². The zero-order chi connectivity index (χ0) is 16.1. The molecule has 1 aliphatic rings. The minimum atomic E-state index is -0.211. The number of hydrogen-bond acceptors (Lipinski definition) is 2. The highest BCUT2D eigenvalue weighted by Crippen LogP contribution is 2.25. The Balaban J connectivity index is 1.41. The van der Waals surface area contributed by atoms with Crippen molar-refractivity contribution in [2.24, 2.45) is 0 Å². The Morgan fingerprint density at radius 3 is 2.87 bits per heavy atom. The Labute approximate surface area is 140 Å². The first-order valence-corrected chi connectivity index (χ1v) is 9.10. The van der Waals surface area contributed by atoms with Crippen molar-refractivity contribution >= 4 is 23.4 Å². The van der Waals surface area contributed by atoms with Gasteiger partial charge in [-0.3, -0.25) is 4.79 Å². The van der Waals surface area contributed by atoms with E-state index in [1.807, 2.05) is 12.1 Å². The molecule has 2 aromatic rings. The molecule has 1 amide bonds. The van der Waals surface area contributed by atoms with Gasteiger partial charge in [-0.15, -0.1) is 0 Å². The van der Waals surface area contributed by atoms with E-state index in [0.29, 0.717) is 6.42 Å². The van der Waals surface area contributed by atoms with Gasteiger partial charge in [0, 0.05) is 23.6 Å². The maximum atomic E-state index is 13.1. The van der Waals surface area contributed by atoms with E-state index in [2.05, 4.69) is 17.4 Å². The van der Waals surface area contributed by atoms with Crippen LogP contribution in [0.5, 0.6) is 0 Å². The lowest BCUT2D eigenvalue weighted by molar-refractivity contribution is -0.115. The molecule has 120 valence electrons. The Hall–Kier alpha value is -1.81. The minimum absolute atomic E-state index is 0.0367. The van der Waals surface area contributed by atoms with E-state index in [1.165, 1.54) is 29.7 Å². The fraction of sp³-hybridized carbons (Fsp3) is 0.316. The fourth-order valence-electron chi connectivity index (χ4n) is 2.85. The van der Waals surface area contributed by atoms with E-state index >= 15 is 0 Å². The van der Waals surface area contributed by atoms with Gasteiger partial charge in [0.1, 0.15) is 5.82 Å². The van der Waals surface area contributed by atoms with Gasteiger partial charge in [-0.25, -0.2) is 4.39 Å². The Morgan fingerprint density at radius 1 is 1.13 bits per heavy atom. The van der Waals surface area contributed by atoms with Crippen LogP contribution in [0.2, 0.25) is 0 Å². The van der Waals surface area contributed by atoms with Gasteiger partial charge in [-0.2, -0.15) is 11.8 Å². The quantitative estimate of drug-likeness (QED) is 0.786. The van der Waals surface area contributed by atoms with Gasteiger partial charge in [0.25, 0.3) is 0 Å². The number of amides is 1. The number of nitrogens with one attached hydrogen (secondary N) is 1. The predicted molar refractivity (Wildman–Crippen MR) is 94.3 cm³/mol. The van der Waals surface area contributed by atoms with Crippen molar-refractivity contribution in [3.8, 4) is 0 Å². The van der Waals surface area contributed by atoms with E-state index < -0.39 is 0 Å². The van der Waals surface area contributed by atoms with Gasteiger partial charge in [-0.05, 0) is 60.2 Å². The first-order chi connectivity index (χ1) is 11.2. The molecule has 2 nitrogen and oxygen atoms in total. The molecule has 0 aromatic heterocycles. The summed E-state index contributed by atoms with van der Waals surface area (Å²) in [7, 11) is 0. The minimum Gasteiger partial charge on any atom is -0.326 e. The number of anilines is 1. The van der Waals surface area contributed by atoms with Gasteiger partial charge >= 0.3 is 0 Å². The van der Waals surface area contributed by atoms with Crippen molar-refractivity contribution in [2.75, 3.05) is 11.1 Å². The number of hydrogen-bond donors (Lipinski definition) is 1. The summed E-state index contributed by atoms with van der Waals surface area (Å²) in [5, 5.41) is 2.97. The summed E-state index contributed by atoms with van der Waals surface area (Å²) >= 11 is 1.65.